The van der Waals surface area contributed by atoms with Gasteiger partial charge in [0.25, 0.3) is 0 Å². The molecule has 2 aromatic heterocycles. The molecule has 2 amide bonds. The summed E-state index contributed by atoms with van der Waals surface area (Å²) in [5.41, 5.74) is 0.714. The summed E-state index contributed by atoms with van der Waals surface area (Å²) >= 11 is 1.68. The van der Waals surface area contributed by atoms with Gasteiger partial charge in [0.2, 0.25) is 0 Å². The molecule has 0 aromatic carbocycles. The Morgan fingerprint density at radius 3 is 2.57 bits per heavy atom. The van der Waals surface area contributed by atoms with Gasteiger partial charge in [-0.2, -0.15) is 0 Å². The Kier molecular flexibility index (Phi) is 7.13. The summed E-state index contributed by atoms with van der Waals surface area (Å²) in [5, 5.41) is 7.57. The van der Waals surface area contributed by atoms with Crippen LogP contribution in [0.5, 0.6) is 0 Å². The van der Waals surface area contributed by atoms with Crippen molar-refractivity contribution in [2.75, 3.05) is 33.2 Å². The van der Waals surface area contributed by atoms with E-state index in [-0.39, 0.29) is 18.6 Å². The molecule has 0 saturated carbocycles. The van der Waals surface area contributed by atoms with Crippen molar-refractivity contribution in [3.8, 4) is 0 Å². The first-order valence-corrected chi connectivity index (χ1v) is 10.4. The van der Waals surface area contributed by atoms with E-state index in [9.17, 15) is 9.59 Å². The quantitative estimate of drug-likeness (QED) is 0.713. The molecule has 0 radical (unpaired) electrons. The van der Waals surface area contributed by atoms with Crippen LogP contribution in [0, 0.1) is 0 Å². The van der Waals surface area contributed by atoms with E-state index < -0.39 is 11.8 Å². The number of nitrogens with zero attached hydrogens (tertiary/aromatic N) is 3. The lowest BCUT2D eigenvalue weighted by molar-refractivity contribution is -0.140. The molecule has 1 aliphatic heterocycles. The zero-order valence-corrected chi connectivity index (χ0v) is 17.1. The van der Waals surface area contributed by atoms with Crippen molar-refractivity contribution in [3.05, 3.63) is 52.5 Å². The number of carbonyl (C=O) groups excluding carboxylic acids is 2. The molecule has 7 nitrogen and oxygen atoms in total. The summed E-state index contributed by atoms with van der Waals surface area (Å²) in [6.07, 6.45) is 1.66. The number of aromatic nitrogens is 1. The van der Waals surface area contributed by atoms with Crippen molar-refractivity contribution < 1.29 is 9.59 Å². The topological polar surface area (TPSA) is 77.6 Å². The van der Waals surface area contributed by atoms with E-state index >= 15 is 0 Å². The predicted molar refractivity (Wildman–Crippen MR) is 110 cm³/mol. The highest BCUT2D eigenvalue weighted by Crippen LogP contribution is 2.29. The number of carbonyl (C=O) groups is 2. The Morgan fingerprint density at radius 2 is 1.93 bits per heavy atom. The number of hydrogen-bond acceptors (Lipinski definition) is 6. The molecular formula is C20H27N5O2S. The lowest BCUT2D eigenvalue weighted by Crippen LogP contribution is -2.53. The fraction of sp³-hybridized carbons (Fsp3) is 0.450. The van der Waals surface area contributed by atoms with Gasteiger partial charge in [-0.1, -0.05) is 12.1 Å². The molecule has 0 bridgehead atoms. The largest absolute Gasteiger partial charge is 0.343 e. The van der Waals surface area contributed by atoms with E-state index in [4.69, 9.17) is 0 Å². The Bertz CT molecular complexity index is 760. The number of likely N-dealkylation sites (N-methyl/N-ethyl adjacent to an activating group) is 1. The van der Waals surface area contributed by atoms with Gasteiger partial charge in [0.05, 0.1) is 18.3 Å². The van der Waals surface area contributed by atoms with Crippen LogP contribution >= 0.6 is 11.3 Å². The van der Waals surface area contributed by atoms with E-state index in [1.165, 1.54) is 4.88 Å². The summed E-state index contributed by atoms with van der Waals surface area (Å²) in [7, 11) is 2.12. The predicted octanol–water partition coefficient (Wildman–Crippen LogP) is 1.25. The SMILES string of the molecule is C[C@@H](NC(=O)C(=O)NCc1ccccn1)[C@@H](c1cccs1)N1CCN(C)CC1. The van der Waals surface area contributed by atoms with Crippen molar-refractivity contribution >= 4 is 23.2 Å². The van der Waals surface area contributed by atoms with Gasteiger partial charge in [0, 0.05) is 43.3 Å². The molecule has 3 heterocycles. The summed E-state index contributed by atoms with van der Waals surface area (Å²) in [6.45, 7) is 6.05. The van der Waals surface area contributed by atoms with Crippen molar-refractivity contribution in [1.82, 2.24) is 25.4 Å². The molecule has 1 fully saturated rings. The summed E-state index contributed by atoms with van der Waals surface area (Å²) in [4.78, 5) is 34.7. The van der Waals surface area contributed by atoms with Crippen LogP contribution in [0.4, 0.5) is 0 Å². The number of thiophene rings is 1. The molecular weight excluding hydrogens is 374 g/mol. The van der Waals surface area contributed by atoms with Gasteiger partial charge >= 0.3 is 11.8 Å². The Morgan fingerprint density at radius 1 is 1.14 bits per heavy atom. The minimum absolute atomic E-state index is 0.0567. The number of hydrogen-bond donors (Lipinski definition) is 2. The number of rotatable bonds is 6. The van der Waals surface area contributed by atoms with E-state index in [0.717, 1.165) is 26.2 Å². The van der Waals surface area contributed by atoms with Gasteiger partial charge < -0.3 is 15.5 Å². The average molecular weight is 402 g/mol. The van der Waals surface area contributed by atoms with Crippen molar-refractivity contribution in [2.24, 2.45) is 0 Å². The average Bonchev–Trinajstić information content (AvgIpc) is 3.22. The zero-order valence-electron chi connectivity index (χ0n) is 16.3. The standard InChI is InChI=1S/C20H27N5O2S/c1-15(23-20(27)19(26)22-14-16-6-3-4-8-21-16)18(17-7-5-13-28-17)25-11-9-24(2)10-12-25/h3-8,13,15,18H,9-12,14H2,1-2H3,(H,22,26)(H,23,27)/t15-,18+/m1/s1. The Labute approximate surface area is 169 Å². The third kappa shape index (κ3) is 5.37. The van der Waals surface area contributed by atoms with Crippen LogP contribution in [0.15, 0.2) is 41.9 Å². The molecule has 2 atom stereocenters. The van der Waals surface area contributed by atoms with Crippen LogP contribution in [0.25, 0.3) is 0 Å². The van der Waals surface area contributed by atoms with Crippen LogP contribution in [-0.2, 0) is 16.1 Å². The first-order chi connectivity index (χ1) is 13.5. The molecule has 2 N–H and O–H groups in total. The second-order valence-electron chi connectivity index (χ2n) is 7.07. The number of piperazine rings is 1. The van der Waals surface area contributed by atoms with Crippen LogP contribution in [0.2, 0.25) is 0 Å². The smallest absolute Gasteiger partial charge is 0.309 e. The number of amides is 2. The van der Waals surface area contributed by atoms with Gasteiger partial charge in [-0.3, -0.25) is 19.5 Å². The lowest BCUT2D eigenvalue weighted by atomic mass is 10.0. The molecule has 3 rings (SSSR count). The van der Waals surface area contributed by atoms with Gasteiger partial charge in [0.1, 0.15) is 0 Å². The van der Waals surface area contributed by atoms with Crippen molar-refractivity contribution in [2.45, 2.75) is 25.6 Å². The Balaban J connectivity index is 1.60. The van der Waals surface area contributed by atoms with Crippen LogP contribution in [0.1, 0.15) is 23.5 Å². The second kappa shape index (κ2) is 9.77. The van der Waals surface area contributed by atoms with Crippen molar-refractivity contribution in [1.29, 1.82) is 0 Å². The highest BCUT2D eigenvalue weighted by molar-refractivity contribution is 7.10. The second-order valence-corrected chi connectivity index (χ2v) is 8.04. The van der Waals surface area contributed by atoms with E-state index in [1.807, 2.05) is 30.5 Å². The summed E-state index contributed by atoms with van der Waals surface area (Å²) in [6, 6.07) is 9.45. The lowest BCUT2D eigenvalue weighted by Gasteiger charge is -2.40. The fourth-order valence-corrected chi connectivity index (χ4v) is 4.37. The summed E-state index contributed by atoms with van der Waals surface area (Å²) in [5.74, 6) is -1.25. The van der Waals surface area contributed by atoms with Crippen LogP contribution in [0.3, 0.4) is 0 Å². The molecule has 0 spiro atoms. The van der Waals surface area contributed by atoms with Crippen LogP contribution in [-0.4, -0.2) is 65.9 Å². The van der Waals surface area contributed by atoms with Gasteiger partial charge in [-0.25, -0.2) is 0 Å². The van der Waals surface area contributed by atoms with E-state index in [2.05, 4.69) is 38.5 Å². The monoisotopic (exact) mass is 401 g/mol. The van der Waals surface area contributed by atoms with Gasteiger partial charge in [0.15, 0.2) is 0 Å². The highest BCUT2D eigenvalue weighted by atomic mass is 32.1. The third-order valence-corrected chi connectivity index (χ3v) is 5.90. The minimum atomic E-state index is -0.638. The Hall–Kier alpha value is -2.29. The van der Waals surface area contributed by atoms with E-state index in [0.29, 0.717) is 5.69 Å². The molecule has 1 saturated heterocycles. The van der Waals surface area contributed by atoms with Crippen molar-refractivity contribution in [3.63, 3.8) is 0 Å². The molecule has 28 heavy (non-hydrogen) atoms. The maximum Gasteiger partial charge on any atom is 0.309 e. The fourth-order valence-electron chi connectivity index (χ4n) is 3.41. The van der Waals surface area contributed by atoms with Crippen LogP contribution < -0.4 is 10.6 Å². The molecule has 8 heteroatoms. The molecule has 0 aliphatic carbocycles. The maximum atomic E-state index is 12.4. The molecule has 2 aromatic rings. The minimum Gasteiger partial charge on any atom is -0.343 e. The normalized spacial score (nSPS) is 17.6. The first kappa shape index (κ1) is 20.4. The molecule has 0 unspecified atom stereocenters. The summed E-state index contributed by atoms with van der Waals surface area (Å²) < 4.78 is 0. The maximum absolute atomic E-state index is 12.4. The highest BCUT2D eigenvalue weighted by Gasteiger charge is 2.31. The van der Waals surface area contributed by atoms with Gasteiger partial charge in [-0.05, 0) is 37.6 Å². The van der Waals surface area contributed by atoms with E-state index in [1.54, 1.807) is 23.6 Å². The zero-order chi connectivity index (χ0) is 19.9. The number of nitrogens with one attached hydrogen (secondary N) is 2. The first-order valence-electron chi connectivity index (χ1n) is 9.49. The third-order valence-electron chi connectivity index (χ3n) is 4.96. The molecule has 150 valence electrons. The molecule has 1 aliphatic rings. The van der Waals surface area contributed by atoms with Gasteiger partial charge in [-0.15, -0.1) is 11.3 Å². The number of pyridine rings is 1.